The van der Waals surface area contributed by atoms with Crippen molar-refractivity contribution < 1.29 is 4.52 Å². The van der Waals surface area contributed by atoms with E-state index in [-0.39, 0.29) is 5.41 Å². The Morgan fingerprint density at radius 1 is 1.58 bits per heavy atom. The summed E-state index contributed by atoms with van der Waals surface area (Å²) in [7, 11) is 0. The Hall–Kier alpha value is -0.990. The first-order valence-electron chi connectivity index (χ1n) is 4.38. The van der Waals surface area contributed by atoms with Crippen molar-refractivity contribution in [1.82, 2.24) is 5.16 Å². The molecule has 1 saturated carbocycles. The van der Waals surface area contributed by atoms with E-state index in [1.54, 1.807) is 0 Å². The van der Waals surface area contributed by atoms with Gasteiger partial charge in [-0.3, -0.25) is 0 Å². The zero-order valence-electron chi connectivity index (χ0n) is 7.50. The van der Waals surface area contributed by atoms with Gasteiger partial charge in [-0.25, -0.2) is 0 Å². The van der Waals surface area contributed by atoms with Crippen molar-refractivity contribution in [3.63, 3.8) is 0 Å². The molecule has 1 heterocycles. The maximum atomic E-state index is 5.47. The fourth-order valence-electron chi connectivity index (χ4n) is 1.79. The van der Waals surface area contributed by atoms with E-state index in [0.717, 1.165) is 5.69 Å². The predicted molar refractivity (Wildman–Crippen MR) is 46.7 cm³/mol. The van der Waals surface area contributed by atoms with E-state index in [1.165, 1.54) is 12.8 Å². The Bertz CT molecular complexity index is 286. The van der Waals surface area contributed by atoms with Gasteiger partial charge in [-0.05, 0) is 18.8 Å². The van der Waals surface area contributed by atoms with Crippen molar-refractivity contribution >= 4 is 5.88 Å². The quantitative estimate of drug-likeness (QED) is 0.730. The summed E-state index contributed by atoms with van der Waals surface area (Å²) in [6.07, 6.45) is 2.44. The highest BCUT2D eigenvalue weighted by Gasteiger charge is 2.49. The number of nitrogens with zero attached hydrogens (tertiary/aromatic N) is 1. The minimum atomic E-state index is 0.279. The summed E-state index contributed by atoms with van der Waals surface area (Å²) >= 11 is 0. The molecule has 3 heteroatoms. The molecular formula is C9H14N2O. The van der Waals surface area contributed by atoms with Gasteiger partial charge >= 0.3 is 0 Å². The average molecular weight is 166 g/mol. The van der Waals surface area contributed by atoms with Gasteiger partial charge in [0.2, 0.25) is 5.88 Å². The van der Waals surface area contributed by atoms with E-state index >= 15 is 0 Å². The molecule has 0 atom stereocenters. The van der Waals surface area contributed by atoms with Crippen molar-refractivity contribution in [2.24, 2.45) is 5.92 Å². The van der Waals surface area contributed by atoms with Crippen LogP contribution in [-0.4, -0.2) is 5.16 Å². The van der Waals surface area contributed by atoms with Crippen LogP contribution in [0, 0.1) is 5.92 Å². The van der Waals surface area contributed by atoms with Crippen LogP contribution in [0.1, 0.15) is 32.4 Å². The molecule has 1 aliphatic rings. The highest BCUT2D eigenvalue weighted by molar-refractivity contribution is 5.33. The first-order valence-corrected chi connectivity index (χ1v) is 4.38. The molecule has 0 saturated heterocycles. The van der Waals surface area contributed by atoms with Crippen LogP contribution in [0.4, 0.5) is 5.88 Å². The summed E-state index contributed by atoms with van der Waals surface area (Å²) in [5.41, 5.74) is 6.79. The van der Waals surface area contributed by atoms with Gasteiger partial charge in [0.25, 0.3) is 0 Å². The molecule has 66 valence electrons. The van der Waals surface area contributed by atoms with Gasteiger partial charge in [0.05, 0.1) is 5.69 Å². The SMILES string of the molecule is CC(C)C1(c2cc(N)on2)CC1. The molecule has 0 aliphatic heterocycles. The van der Waals surface area contributed by atoms with Gasteiger partial charge in [0.15, 0.2) is 0 Å². The highest BCUT2D eigenvalue weighted by Crippen LogP contribution is 2.53. The highest BCUT2D eigenvalue weighted by atomic mass is 16.5. The van der Waals surface area contributed by atoms with Crippen molar-refractivity contribution in [1.29, 1.82) is 0 Å². The van der Waals surface area contributed by atoms with Gasteiger partial charge in [-0.2, -0.15) is 0 Å². The van der Waals surface area contributed by atoms with Crippen LogP contribution in [0.25, 0.3) is 0 Å². The fraction of sp³-hybridized carbons (Fsp3) is 0.667. The lowest BCUT2D eigenvalue weighted by Gasteiger charge is -2.15. The number of aromatic nitrogens is 1. The third-order valence-electron chi connectivity index (χ3n) is 2.93. The van der Waals surface area contributed by atoms with Gasteiger partial charge in [-0.15, -0.1) is 0 Å². The summed E-state index contributed by atoms with van der Waals surface area (Å²) in [6.45, 7) is 4.44. The Kier molecular flexibility index (Phi) is 1.43. The average Bonchev–Trinajstić information content (AvgIpc) is 2.71. The number of anilines is 1. The van der Waals surface area contributed by atoms with Crippen molar-refractivity contribution in [2.75, 3.05) is 5.73 Å². The van der Waals surface area contributed by atoms with Crippen molar-refractivity contribution in [2.45, 2.75) is 32.1 Å². The minimum absolute atomic E-state index is 0.279. The molecule has 2 rings (SSSR count). The van der Waals surface area contributed by atoms with Crippen LogP contribution in [0.5, 0.6) is 0 Å². The van der Waals surface area contributed by atoms with E-state index in [1.807, 2.05) is 6.07 Å². The molecule has 0 aromatic carbocycles. The Labute approximate surface area is 71.9 Å². The first-order chi connectivity index (χ1) is 5.65. The molecule has 1 aromatic rings. The molecule has 0 unspecified atom stereocenters. The molecule has 0 amide bonds. The normalized spacial score (nSPS) is 19.9. The fourth-order valence-corrected chi connectivity index (χ4v) is 1.79. The smallest absolute Gasteiger partial charge is 0.222 e. The summed E-state index contributed by atoms with van der Waals surface area (Å²) in [5, 5.41) is 3.97. The molecule has 1 fully saturated rings. The number of hydrogen-bond donors (Lipinski definition) is 1. The number of hydrogen-bond acceptors (Lipinski definition) is 3. The lowest BCUT2D eigenvalue weighted by atomic mass is 9.89. The molecule has 1 aliphatic carbocycles. The van der Waals surface area contributed by atoms with Gasteiger partial charge in [-0.1, -0.05) is 19.0 Å². The minimum Gasteiger partial charge on any atom is -0.368 e. The second-order valence-corrected chi connectivity index (χ2v) is 3.93. The third-order valence-corrected chi connectivity index (χ3v) is 2.93. The van der Waals surface area contributed by atoms with Gasteiger partial charge in [0, 0.05) is 11.5 Å². The number of rotatable bonds is 2. The summed E-state index contributed by atoms with van der Waals surface area (Å²) in [6, 6.07) is 1.85. The van der Waals surface area contributed by atoms with Crippen LogP contribution >= 0.6 is 0 Å². The molecular weight excluding hydrogens is 152 g/mol. The van der Waals surface area contributed by atoms with E-state index in [0.29, 0.717) is 11.8 Å². The monoisotopic (exact) mass is 166 g/mol. The molecule has 0 radical (unpaired) electrons. The standard InChI is InChI=1S/C9H14N2O/c1-6(2)9(3-4-9)7-5-8(10)12-11-7/h5-6H,3-4,10H2,1-2H3. The predicted octanol–water partition coefficient (Wildman–Crippen LogP) is 1.94. The van der Waals surface area contributed by atoms with E-state index in [2.05, 4.69) is 19.0 Å². The zero-order chi connectivity index (χ0) is 8.77. The molecule has 3 nitrogen and oxygen atoms in total. The maximum Gasteiger partial charge on any atom is 0.222 e. The summed E-state index contributed by atoms with van der Waals surface area (Å²) in [4.78, 5) is 0. The van der Waals surface area contributed by atoms with Crippen LogP contribution in [0.15, 0.2) is 10.6 Å². The van der Waals surface area contributed by atoms with Gasteiger partial charge < -0.3 is 10.3 Å². The summed E-state index contributed by atoms with van der Waals surface area (Å²) in [5.74, 6) is 1.05. The topological polar surface area (TPSA) is 52.0 Å². The molecule has 0 spiro atoms. The Morgan fingerprint density at radius 2 is 2.25 bits per heavy atom. The largest absolute Gasteiger partial charge is 0.368 e. The molecule has 2 N–H and O–H groups in total. The first kappa shape index (κ1) is 7.65. The van der Waals surface area contributed by atoms with E-state index in [9.17, 15) is 0 Å². The third kappa shape index (κ3) is 0.924. The lowest BCUT2D eigenvalue weighted by molar-refractivity contribution is 0.391. The molecule has 12 heavy (non-hydrogen) atoms. The summed E-state index contributed by atoms with van der Waals surface area (Å²) < 4.78 is 4.87. The van der Waals surface area contributed by atoms with Crippen molar-refractivity contribution in [3.05, 3.63) is 11.8 Å². The maximum absolute atomic E-state index is 5.47. The zero-order valence-corrected chi connectivity index (χ0v) is 7.50. The van der Waals surface area contributed by atoms with Crippen LogP contribution in [0.2, 0.25) is 0 Å². The second kappa shape index (κ2) is 2.25. The number of nitrogens with two attached hydrogens (primary N) is 1. The lowest BCUT2D eigenvalue weighted by Crippen LogP contribution is -2.14. The van der Waals surface area contributed by atoms with Crippen LogP contribution < -0.4 is 5.73 Å². The van der Waals surface area contributed by atoms with E-state index < -0.39 is 0 Å². The molecule has 0 bridgehead atoms. The Balaban J connectivity index is 2.30. The van der Waals surface area contributed by atoms with E-state index in [4.69, 9.17) is 10.3 Å². The van der Waals surface area contributed by atoms with Gasteiger partial charge in [0.1, 0.15) is 0 Å². The Morgan fingerprint density at radius 3 is 2.58 bits per heavy atom. The number of nitrogen functional groups attached to an aromatic ring is 1. The molecule has 1 aromatic heterocycles. The second-order valence-electron chi connectivity index (χ2n) is 3.93. The van der Waals surface area contributed by atoms with Crippen LogP contribution in [-0.2, 0) is 5.41 Å². The van der Waals surface area contributed by atoms with Crippen LogP contribution in [0.3, 0.4) is 0 Å². The van der Waals surface area contributed by atoms with Crippen molar-refractivity contribution in [3.8, 4) is 0 Å².